The van der Waals surface area contributed by atoms with Crippen LogP contribution in [0.3, 0.4) is 0 Å². The molecule has 0 bridgehead atoms. The van der Waals surface area contributed by atoms with E-state index in [2.05, 4.69) is 5.32 Å². The highest BCUT2D eigenvalue weighted by Gasteiger charge is 2.25. The van der Waals surface area contributed by atoms with E-state index in [-0.39, 0.29) is 24.9 Å². The number of hydrogen-bond donors (Lipinski definition) is 1. The average Bonchev–Trinajstić information content (AvgIpc) is 2.34. The summed E-state index contributed by atoms with van der Waals surface area (Å²) in [6, 6.07) is 7.35. The standard InChI is InChI=1S/C12H14N2O3/c1-17-10-4-2-3-9(5-10)8-14-11(15)6-13-7-12(14)16/h2-5,13H,6-8H2,1H3. The third-order valence-electron chi connectivity index (χ3n) is 2.63. The number of rotatable bonds is 3. The second-order valence-electron chi connectivity index (χ2n) is 3.83. The molecule has 0 atom stereocenters. The molecule has 0 unspecified atom stereocenters. The summed E-state index contributed by atoms with van der Waals surface area (Å²) in [5, 5.41) is 2.76. The molecule has 1 aromatic rings. The van der Waals surface area contributed by atoms with Gasteiger partial charge in [-0.05, 0) is 17.7 Å². The molecule has 0 radical (unpaired) electrons. The van der Waals surface area contributed by atoms with Crippen LogP contribution in [-0.2, 0) is 16.1 Å². The molecule has 0 aliphatic carbocycles. The van der Waals surface area contributed by atoms with Gasteiger partial charge in [-0.1, -0.05) is 12.1 Å². The van der Waals surface area contributed by atoms with E-state index in [4.69, 9.17) is 4.74 Å². The fraction of sp³-hybridized carbons (Fsp3) is 0.333. The molecule has 0 aromatic heterocycles. The summed E-state index contributed by atoms with van der Waals surface area (Å²) >= 11 is 0. The Balaban J connectivity index is 2.13. The van der Waals surface area contributed by atoms with E-state index in [9.17, 15) is 9.59 Å². The summed E-state index contributed by atoms with van der Waals surface area (Å²) in [5.74, 6) is 0.339. The maximum Gasteiger partial charge on any atom is 0.243 e. The maximum absolute atomic E-state index is 11.6. The number of nitrogens with zero attached hydrogens (tertiary/aromatic N) is 1. The maximum atomic E-state index is 11.6. The molecule has 1 aromatic carbocycles. The largest absolute Gasteiger partial charge is 0.497 e. The Morgan fingerprint density at radius 1 is 1.29 bits per heavy atom. The first-order valence-electron chi connectivity index (χ1n) is 5.37. The lowest BCUT2D eigenvalue weighted by atomic mass is 10.2. The number of piperazine rings is 1. The SMILES string of the molecule is COc1cccc(CN2C(=O)CNCC2=O)c1. The van der Waals surface area contributed by atoms with Gasteiger partial charge in [-0.15, -0.1) is 0 Å². The molecule has 90 valence electrons. The fourth-order valence-electron chi connectivity index (χ4n) is 1.74. The zero-order valence-corrected chi connectivity index (χ0v) is 9.60. The minimum absolute atomic E-state index is 0.191. The molecule has 1 heterocycles. The monoisotopic (exact) mass is 234 g/mol. The highest BCUT2D eigenvalue weighted by atomic mass is 16.5. The van der Waals surface area contributed by atoms with Crippen LogP contribution in [0.15, 0.2) is 24.3 Å². The predicted octanol–water partition coefficient (Wildman–Crippen LogP) is 0.154. The van der Waals surface area contributed by atoms with Crippen LogP contribution in [-0.4, -0.2) is 36.9 Å². The summed E-state index contributed by atoms with van der Waals surface area (Å²) < 4.78 is 5.10. The van der Waals surface area contributed by atoms with E-state index in [1.807, 2.05) is 24.3 Å². The minimum atomic E-state index is -0.191. The van der Waals surface area contributed by atoms with Crippen LogP contribution in [0.25, 0.3) is 0 Å². The Morgan fingerprint density at radius 2 is 2.00 bits per heavy atom. The van der Waals surface area contributed by atoms with E-state index >= 15 is 0 Å². The van der Waals surface area contributed by atoms with Crippen molar-refractivity contribution in [2.24, 2.45) is 0 Å². The van der Waals surface area contributed by atoms with Gasteiger partial charge in [0.05, 0.1) is 26.7 Å². The predicted molar refractivity (Wildman–Crippen MR) is 61.4 cm³/mol. The van der Waals surface area contributed by atoms with Crippen molar-refractivity contribution in [3.8, 4) is 5.75 Å². The van der Waals surface area contributed by atoms with Crippen LogP contribution < -0.4 is 10.1 Å². The fourth-order valence-corrected chi connectivity index (χ4v) is 1.74. The van der Waals surface area contributed by atoms with Crippen molar-refractivity contribution in [3.05, 3.63) is 29.8 Å². The van der Waals surface area contributed by atoms with Crippen LogP contribution in [0.1, 0.15) is 5.56 Å². The Kier molecular flexibility index (Phi) is 3.39. The van der Waals surface area contributed by atoms with Crippen molar-refractivity contribution in [2.45, 2.75) is 6.54 Å². The van der Waals surface area contributed by atoms with E-state index in [1.54, 1.807) is 7.11 Å². The zero-order valence-electron chi connectivity index (χ0n) is 9.60. The van der Waals surface area contributed by atoms with Gasteiger partial charge >= 0.3 is 0 Å². The second-order valence-corrected chi connectivity index (χ2v) is 3.83. The third kappa shape index (κ3) is 2.62. The van der Waals surface area contributed by atoms with Crippen molar-refractivity contribution < 1.29 is 14.3 Å². The number of benzene rings is 1. The van der Waals surface area contributed by atoms with Gasteiger partial charge in [0.25, 0.3) is 0 Å². The van der Waals surface area contributed by atoms with Gasteiger partial charge in [0.1, 0.15) is 5.75 Å². The van der Waals surface area contributed by atoms with Crippen molar-refractivity contribution in [2.75, 3.05) is 20.2 Å². The molecule has 1 N–H and O–H groups in total. The Morgan fingerprint density at radius 3 is 2.65 bits per heavy atom. The first kappa shape index (κ1) is 11.6. The Bertz CT molecular complexity index is 429. The van der Waals surface area contributed by atoms with Crippen molar-refractivity contribution in [1.29, 1.82) is 0 Å². The molecular formula is C12H14N2O3. The molecular weight excluding hydrogens is 220 g/mol. The number of hydrogen-bond acceptors (Lipinski definition) is 4. The van der Waals surface area contributed by atoms with Crippen molar-refractivity contribution in [3.63, 3.8) is 0 Å². The molecule has 0 spiro atoms. The zero-order chi connectivity index (χ0) is 12.3. The molecule has 17 heavy (non-hydrogen) atoms. The van der Waals surface area contributed by atoms with Crippen LogP contribution in [0.5, 0.6) is 5.75 Å². The number of amides is 2. The molecule has 1 aliphatic rings. The van der Waals surface area contributed by atoms with Crippen LogP contribution in [0, 0.1) is 0 Å². The number of imide groups is 1. The number of methoxy groups -OCH3 is 1. The van der Waals surface area contributed by atoms with Crippen LogP contribution >= 0.6 is 0 Å². The summed E-state index contributed by atoms with van der Waals surface area (Å²) in [5.41, 5.74) is 0.882. The molecule has 5 nitrogen and oxygen atoms in total. The van der Waals surface area contributed by atoms with Crippen molar-refractivity contribution >= 4 is 11.8 Å². The number of carbonyl (C=O) groups is 2. The van der Waals surface area contributed by atoms with E-state index in [0.29, 0.717) is 6.54 Å². The summed E-state index contributed by atoms with van der Waals surface area (Å²) in [7, 11) is 1.58. The van der Waals surface area contributed by atoms with E-state index in [0.717, 1.165) is 11.3 Å². The molecule has 1 saturated heterocycles. The molecule has 1 fully saturated rings. The van der Waals surface area contributed by atoms with E-state index < -0.39 is 0 Å². The van der Waals surface area contributed by atoms with Gasteiger partial charge in [0.15, 0.2) is 0 Å². The lowest BCUT2D eigenvalue weighted by molar-refractivity contribution is -0.147. The molecule has 2 amide bonds. The highest BCUT2D eigenvalue weighted by Crippen LogP contribution is 2.15. The lowest BCUT2D eigenvalue weighted by Gasteiger charge is -2.25. The van der Waals surface area contributed by atoms with Crippen LogP contribution in [0.4, 0.5) is 0 Å². The van der Waals surface area contributed by atoms with Gasteiger partial charge in [-0.2, -0.15) is 0 Å². The molecule has 5 heteroatoms. The van der Waals surface area contributed by atoms with Gasteiger partial charge in [0.2, 0.25) is 11.8 Å². The second kappa shape index (κ2) is 4.97. The van der Waals surface area contributed by atoms with Crippen molar-refractivity contribution in [1.82, 2.24) is 10.2 Å². The van der Waals surface area contributed by atoms with Gasteiger partial charge in [-0.25, -0.2) is 0 Å². The Labute approximate surface area is 99.4 Å². The molecule has 2 rings (SSSR count). The highest BCUT2D eigenvalue weighted by molar-refractivity contribution is 5.99. The minimum Gasteiger partial charge on any atom is -0.497 e. The number of carbonyl (C=O) groups excluding carboxylic acids is 2. The van der Waals surface area contributed by atoms with Gasteiger partial charge in [0, 0.05) is 0 Å². The lowest BCUT2D eigenvalue weighted by Crippen LogP contribution is -2.51. The van der Waals surface area contributed by atoms with Gasteiger partial charge in [-0.3, -0.25) is 19.8 Å². The topological polar surface area (TPSA) is 58.6 Å². The summed E-state index contributed by atoms with van der Waals surface area (Å²) in [6.07, 6.45) is 0. The average molecular weight is 234 g/mol. The molecule has 1 aliphatic heterocycles. The third-order valence-corrected chi connectivity index (χ3v) is 2.63. The first-order valence-corrected chi connectivity index (χ1v) is 5.37. The number of ether oxygens (including phenoxy) is 1. The van der Waals surface area contributed by atoms with E-state index in [1.165, 1.54) is 4.90 Å². The van der Waals surface area contributed by atoms with Crippen LogP contribution in [0.2, 0.25) is 0 Å². The quantitative estimate of drug-likeness (QED) is 0.756. The summed E-state index contributed by atoms with van der Waals surface area (Å²) in [4.78, 5) is 24.4. The smallest absolute Gasteiger partial charge is 0.243 e. The Hall–Kier alpha value is -1.88. The summed E-state index contributed by atoms with van der Waals surface area (Å²) in [6.45, 7) is 0.738. The first-order chi connectivity index (χ1) is 8.20. The van der Waals surface area contributed by atoms with Gasteiger partial charge < -0.3 is 4.74 Å². The normalized spacial score (nSPS) is 16.2. The number of nitrogens with one attached hydrogen (secondary N) is 1. The molecule has 0 saturated carbocycles.